The van der Waals surface area contributed by atoms with Crippen LogP contribution < -0.4 is 19.7 Å². The first-order chi connectivity index (χ1) is 13.2. The number of aryl methyl sites for hydroxylation is 2. The van der Waals surface area contributed by atoms with E-state index in [1.807, 2.05) is 51.1 Å². The van der Waals surface area contributed by atoms with E-state index in [0.29, 0.717) is 24.5 Å². The molecule has 0 heterocycles. The van der Waals surface area contributed by atoms with E-state index in [-0.39, 0.29) is 0 Å². The number of hydrogen-bond acceptors (Lipinski definition) is 5. The molecule has 0 aromatic heterocycles. The van der Waals surface area contributed by atoms with Gasteiger partial charge in [-0.25, -0.2) is 17.9 Å². The van der Waals surface area contributed by atoms with E-state index >= 15 is 0 Å². The lowest BCUT2D eigenvalue weighted by Gasteiger charge is -2.24. The molecule has 0 fully saturated rings. The van der Waals surface area contributed by atoms with Gasteiger partial charge in [0.1, 0.15) is 5.75 Å². The van der Waals surface area contributed by atoms with Crippen molar-refractivity contribution in [3.63, 3.8) is 0 Å². The van der Waals surface area contributed by atoms with Gasteiger partial charge in [0.15, 0.2) is 0 Å². The van der Waals surface area contributed by atoms with Crippen molar-refractivity contribution in [1.29, 1.82) is 0 Å². The molecule has 2 rings (SSSR count). The Morgan fingerprint density at radius 1 is 1.11 bits per heavy atom. The summed E-state index contributed by atoms with van der Waals surface area (Å²) in [6.07, 6.45) is 0.591. The van der Waals surface area contributed by atoms with Gasteiger partial charge in [0, 0.05) is 31.0 Å². The highest BCUT2D eigenvalue weighted by Gasteiger charge is 2.11. The van der Waals surface area contributed by atoms with Crippen LogP contribution in [0.1, 0.15) is 18.1 Å². The zero-order chi connectivity index (χ0) is 20.7. The molecule has 2 aromatic rings. The molecular weight excluding hydrogens is 378 g/mol. The van der Waals surface area contributed by atoms with Crippen LogP contribution >= 0.6 is 0 Å². The normalized spacial score (nSPS) is 11.1. The molecule has 0 aliphatic rings. The molecule has 152 valence electrons. The van der Waals surface area contributed by atoms with Gasteiger partial charge in [-0.05, 0) is 56.7 Å². The number of rotatable bonds is 8. The van der Waals surface area contributed by atoms with E-state index in [9.17, 15) is 13.2 Å². The molecule has 2 aromatic carbocycles. The number of likely N-dealkylation sites (N-methyl/N-ethyl adjacent to an activating group) is 1. The fraction of sp³-hybridized carbons (Fsp3) is 0.350. The summed E-state index contributed by atoms with van der Waals surface area (Å²) < 4.78 is 30.2. The first kappa shape index (κ1) is 21.7. The fourth-order valence-corrected chi connectivity index (χ4v) is 3.13. The number of carbonyl (C=O) groups is 1. The maximum Gasteiger partial charge on any atom is 0.417 e. The van der Waals surface area contributed by atoms with E-state index in [1.165, 1.54) is 0 Å². The van der Waals surface area contributed by atoms with E-state index in [1.54, 1.807) is 12.1 Å². The lowest BCUT2D eigenvalue weighted by molar-refractivity contribution is 0.215. The third-order valence-corrected chi connectivity index (χ3v) is 4.90. The van der Waals surface area contributed by atoms with E-state index < -0.39 is 16.1 Å². The van der Waals surface area contributed by atoms with Crippen LogP contribution in [0.15, 0.2) is 42.5 Å². The number of anilines is 2. The molecular formula is C20H27N3O4S. The number of benzene rings is 2. The summed E-state index contributed by atoms with van der Waals surface area (Å²) in [4.78, 5) is 14.2. The molecule has 0 unspecified atom stereocenters. The number of nitrogens with one attached hydrogen (secondary N) is 2. The Kier molecular flexibility index (Phi) is 7.42. The number of sulfonamides is 1. The summed E-state index contributed by atoms with van der Waals surface area (Å²) in [6.45, 7) is 7.47. The highest BCUT2D eigenvalue weighted by Crippen LogP contribution is 2.23. The lowest BCUT2D eigenvalue weighted by Crippen LogP contribution is -2.34. The quantitative estimate of drug-likeness (QED) is 0.704. The van der Waals surface area contributed by atoms with Crippen LogP contribution in [-0.2, 0) is 10.0 Å². The van der Waals surface area contributed by atoms with E-state index in [0.717, 1.165) is 29.6 Å². The number of amides is 1. The second kappa shape index (κ2) is 9.57. The highest BCUT2D eigenvalue weighted by molar-refractivity contribution is 7.88. The van der Waals surface area contributed by atoms with Gasteiger partial charge in [0.05, 0.1) is 6.26 Å². The molecule has 0 bridgehead atoms. The standard InChI is InChI=1S/C20H27N3O4S/c1-5-23(13-12-21-28(4,25)26)17-8-11-19(16(3)14-17)22-20(24)27-18-9-6-15(2)7-10-18/h6-11,14,21H,5,12-13H2,1-4H3,(H,22,24). The minimum absolute atomic E-state index is 0.328. The second-order valence-corrected chi connectivity index (χ2v) is 8.41. The molecule has 0 aliphatic heterocycles. The number of nitrogens with zero attached hydrogens (tertiary/aromatic N) is 1. The van der Waals surface area contributed by atoms with Gasteiger partial charge in [-0.15, -0.1) is 0 Å². The van der Waals surface area contributed by atoms with Crippen LogP contribution in [0.25, 0.3) is 0 Å². The van der Waals surface area contributed by atoms with Crippen LogP contribution in [0.5, 0.6) is 5.75 Å². The summed E-state index contributed by atoms with van der Waals surface area (Å²) in [5.41, 5.74) is 3.58. The van der Waals surface area contributed by atoms with Gasteiger partial charge in [0.25, 0.3) is 0 Å². The zero-order valence-electron chi connectivity index (χ0n) is 16.7. The molecule has 0 saturated heterocycles. The molecule has 7 nitrogen and oxygen atoms in total. The van der Waals surface area contributed by atoms with Crippen molar-refractivity contribution in [1.82, 2.24) is 4.72 Å². The summed E-state index contributed by atoms with van der Waals surface area (Å²) in [5.74, 6) is 0.480. The summed E-state index contributed by atoms with van der Waals surface area (Å²) in [7, 11) is -3.20. The molecule has 28 heavy (non-hydrogen) atoms. The average molecular weight is 406 g/mol. The van der Waals surface area contributed by atoms with Crippen molar-refractivity contribution in [3.8, 4) is 5.75 Å². The van der Waals surface area contributed by atoms with Gasteiger partial charge in [-0.3, -0.25) is 5.32 Å². The minimum atomic E-state index is -3.20. The van der Waals surface area contributed by atoms with Crippen molar-refractivity contribution < 1.29 is 17.9 Å². The van der Waals surface area contributed by atoms with Crippen molar-refractivity contribution >= 4 is 27.5 Å². The Morgan fingerprint density at radius 2 is 1.79 bits per heavy atom. The number of hydrogen-bond donors (Lipinski definition) is 2. The van der Waals surface area contributed by atoms with Crippen LogP contribution in [-0.4, -0.2) is 40.4 Å². The maximum absolute atomic E-state index is 12.1. The number of ether oxygens (including phenoxy) is 1. The monoisotopic (exact) mass is 405 g/mol. The molecule has 0 radical (unpaired) electrons. The van der Waals surface area contributed by atoms with Crippen molar-refractivity contribution in [2.45, 2.75) is 20.8 Å². The molecule has 1 amide bonds. The van der Waals surface area contributed by atoms with Crippen molar-refractivity contribution in [3.05, 3.63) is 53.6 Å². The summed E-state index contributed by atoms with van der Waals surface area (Å²) in [6, 6.07) is 12.9. The predicted octanol–water partition coefficient (Wildman–Crippen LogP) is 3.29. The smallest absolute Gasteiger partial charge is 0.410 e. The largest absolute Gasteiger partial charge is 0.417 e. The SMILES string of the molecule is CCN(CCNS(C)(=O)=O)c1ccc(NC(=O)Oc2ccc(C)cc2)c(C)c1. The third kappa shape index (κ3) is 6.86. The van der Waals surface area contributed by atoms with Crippen LogP contribution in [0.3, 0.4) is 0 Å². The van der Waals surface area contributed by atoms with E-state index in [4.69, 9.17) is 4.74 Å². The molecule has 0 atom stereocenters. The molecule has 8 heteroatoms. The van der Waals surface area contributed by atoms with Gasteiger partial charge in [-0.2, -0.15) is 0 Å². The first-order valence-electron chi connectivity index (χ1n) is 9.03. The van der Waals surface area contributed by atoms with Crippen molar-refractivity contribution in [2.24, 2.45) is 0 Å². The maximum atomic E-state index is 12.1. The topological polar surface area (TPSA) is 87.7 Å². The third-order valence-electron chi connectivity index (χ3n) is 4.17. The summed E-state index contributed by atoms with van der Waals surface area (Å²) in [5, 5.41) is 2.75. The summed E-state index contributed by atoms with van der Waals surface area (Å²) >= 11 is 0. The van der Waals surface area contributed by atoms with Crippen LogP contribution in [0.2, 0.25) is 0 Å². The molecule has 0 saturated carbocycles. The fourth-order valence-electron chi connectivity index (χ4n) is 2.67. The Balaban J connectivity index is 1.99. The molecule has 2 N–H and O–H groups in total. The van der Waals surface area contributed by atoms with Crippen LogP contribution in [0.4, 0.5) is 16.2 Å². The highest BCUT2D eigenvalue weighted by atomic mass is 32.2. The van der Waals surface area contributed by atoms with E-state index in [2.05, 4.69) is 14.9 Å². The lowest BCUT2D eigenvalue weighted by atomic mass is 10.1. The van der Waals surface area contributed by atoms with Gasteiger partial charge < -0.3 is 9.64 Å². The predicted molar refractivity (Wildman–Crippen MR) is 113 cm³/mol. The zero-order valence-corrected chi connectivity index (χ0v) is 17.5. The minimum Gasteiger partial charge on any atom is -0.410 e. The number of carbonyl (C=O) groups excluding carboxylic acids is 1. The Hall–Kier alpha value is -2.58. The Bertz CT molecular complexity index is 912. The van der Waals surface area contributed by atoms with Crippen molar-refractivity contribution in [2.75, 3.05) is 36.1 Å². The molecule has 0 spiro atoms. The first-order valence-corrected chi connectivity index (χ1v) is 10.9. The Labute approximate surface area is 166 Å². The average Bonchev–Trinajstić information content (AvgIpc) is 2.62. The second-order valence-electron chi connectivity index (χ2n) is 6.57. The van der Waals surface area contributed by atoms with Gasteiger partial charge in [-0.1, -0.05) is 17.7 Å². The molecule has 0 aliphatic carbocycles. The van der Waals surface area contributed by atoms with Crippen LogP contribution in [0, 0.1) is 13.8 Å². The Morgan fingerprint density at radius 3 is 2.36 bits per heavy atom. The van der Waals surface area contributed by atoms with Gasteiger partial charge in [0.2, 0.25) is 10.0 Å². The van der Waals surface area contributed by atoms with Gasteiger partial charge >= 0.3 is 6.09 Å².